The summed E-state index contributed by atoms with van der Waals surface area (Å²) in [5.74, 6) is 0. The van der Waals surface area contributed by atoms with Crippen LogP contribution in [0.5, 0.6) is 0 Å². The molecule has 2 N–H and O–H groups in total. The third-order valence-corrected chi connectivity index (χ3v) is 4.47. The molecule has 1 aromatic rings. The zero-order valence-corrected chi connectivity index (χ0v) is 14.1. The van der Waals surface area contributed by atoms with Crippen molar-refractivity contribution in [2.45, 2.75) is 52.0 Å². The molecule has 2 amide bonds. The molecule has 122 valence electrons. The second-order valence-corrected chi connectivity index (χ2v) is 6.08. The van der Waals surface area contributed by atoms with Crippen LogP contribution in [0.3, 0.4) is 0 Å². The lowest BCUT2D eigenvalue weighted by molar-refractivity contribution is 0.180. The minimum Gasteiger partial charge on any atom is -0.341 e. The van der Waals surface area contributed by atoms with Crippen LogP contribution in [0.1, 0.15) is 44.2 Å². The Balaban J connectivity index is 2.18. The molecule has 0 heterocycles. The lowest BCUT2D eigenvalue weighted by Crippen LogP contribution is -2.40. The quantitative estimate of drug-likeness (QED) is 0.846. The summed E-state index contributed by atoms with van der Waals surface area (Å²) in [5.41, 5.74) is 3.67. The first-order valence-electron chi connectivity index (χ1n) is 8.53. The van der Waals surface area contributed by atoms with E-state index in [1.165, 1.54) is 43.5 Å². The van der Waals surface area contributed by atoms with Crippen molar-refractivity contribution < 1.29 is 4.79 Å². The van der Waals surface area contributed by atoms with Gasteiger partial charge in [0.2, 0.25) is 0 Å². The maximum absolute atomic E-state index is 11.7. The first-order valence-corrected chi connectivity index (χ1v) is 8.53. The smallest absolute Gasteiger partial charge is 0.318 e. The number of amides is 2. The Morgan fingerprint density at radius 3 is 2.64 bits per heavy atom. The number of aryl methyl sites for hydroxylation is 1. The molecule has 0 bridgehead atoms. The molecular weight excluding hydrogens is 274 g/mol. The highest BCUT2D eigenvalue weighted by Crippen LogP contribution is 2.30. The van der Waals surface area contributed by atoms with Gasteiger partial charge in [-0.25, -0.2) is 4.79 Å². The number of rotatable bonds is 6. The average molecular weight is 303 g/mol. The van der Waals surface area contributed by atoms with Gasteiger partial charge < -0.3 is 15.5 Å². The molecule has 4 heteroatoms. The first-order chi connectivity index (χ1) is 10.7. The fourth-order valence-electron chi connectivity index (χ4n) is 3.43. The van der Waals surface area contributed by atoms with Gasteiger partial charge in [0.1, 0.15) is 0 Å². The summed E-state index contributed by atoms with van der Waals surface area (Å²) in [6.45, 7) is 6.83. The molecule has 1 atom stereocenters. The highest BCUT2D eigenvalue weighted by atomic mass is 16.2. The Kier molecular flexibility index (Phi) is 6.25. The van der Waals surface area contributed by atoms with Gasteiger partial charge in [0, 0.05) is 18.8 Å². The SMILES string of the molecule is CCCN(CCC)C1CCc2cccc(NC(=O)NC)c2C1. The van der Waals surface area contributed by atoms with E-state index in [0.717, 1.165) is 18.5 Å². The molecular formula is C18H29N3O. The highest BCUT2D eigenvalue weighted by Gasteiger charge is 2.25. The van der Waals surface area contributed by atoms with E-state index in [0.29, 0.717) is 6.04 Å². The fraction of sp³-hybridized carbons (Fsp3) is 0.611. The molecule has 0 aliphatic heterocycles. The number of carbonyl (C=O) groups excluding carboxylic acids is 1. The Labute approximate surface area is 134 Å². The van der Waals surface area contributed by atoms with Crippen LogP contribution in [-0.2, 0) is 12.8 Å². The molecule has 1 aliphatic rings. The minimum atomic E-state index is -0.144. The first kappa shape index (κ1) is 16.8. The molecule has 0 saturated carbocycles. The number of benzene rings is 1. The molecule has 0 spiro atoms. The largest absolute Gasteiger partial charge is 0.341 e. The van der Waals surface area contributed by atoms with Gasteiger partial charge in [-0.15, -0.1) is 0 Å². The van der Waals surface area contributed by atoms with Crippen LogP contribution in [0.4, 0.5) is 10.5 Å². The van der Waals surface area contributed by atoms with Gasteiger partial charge in [-0.1, -0.05) is 26.0 Å². The van der Waals surface area contributed by atoms with Crippen LogP contribution in [0, 0.1) is 0 Å². The molecule has 2 rings (SSSR count). The lowest BCUT2D eigenvalue weighted by Gasteiger charge is -2.35. The number of carbonyl (C=O) groups is 1. The monoisotopic (exact) mass is 303 g/mol. The summed E-state index contributed by atoms with van der Waals surface area (Å²) in [4.78, 5) is 14.3. The zero-order valence-electron chi connectivity index (χ0n) is 14.1. The van der Waals surface area contributed by atoms with Gasteiger partial charge in [-0.3, -0.25) is 0 Å². The van der Waals surface area contributed by atoms with Crippen LogP contribution >= 0.6 is 0 Å². The maximum atomic E-state index is 11.7. The number of nitrogens with one attached hydrogen (secondary N) is 2. The summed E-state index contributed by atoms with van der Waals surface area (Å²) >= 11 is 0. The molecule has 0 fully saturated rings. The van der Waals surface area contributed by atoms with Crippen molar-refractivity contribution in [2.75, 3.05) is 25.5 Å². The standard InChI is InChI=1S/C18H29N3O/c1-4-11-21(12-5-2)15-10-9-14-7-6-8-17(16(14)13-15)20-18(22)19-3/h6-8,15H,4-5,9-13H2,1-3H3,(H2,19,20,22). The van der Waals surface area contributed by atoms with Crippen molar-refractivity contribution in [3.05, 3.63) is 29.3 Å². The second kappa shape index (κ2) is 8.18. The normalized spacial score (nSPS) is 17.2. The van der Waals surface area contributed by atoms with Crippen molar-refractivity contribution >= 4 is 11.7 Å². The molecule has 1 aliphatic carbocycles. The number of anilines is 1. The Hall–Kier alpha value is -1.55. The van der Waals surface area contributed by atoms with E-state index >= 15 is 0 Å². The van der Waals surface area contributed by atoms with Crippen LogP contribution in [0.15, 0.2) is 18.2 Å². The van der Waals surface area contributed by atoms with Gasteiger partial charge in [0.05, 0.1) is 0 Å². The average Bonchev–Trinajstić information content (AvgIpc) is 2.54. The predicted molar refractivity (Wildman–Crippen MR) is 92.5 cm³/mol. The van der Waals surface area contributed by atoms with Crippen molar-refractivity contribution in [1.82, 2.24) is 10.2 Å². The van der Waals surface area contributed by atoms with E-state index in [-0.39, 0.29) is 6.03 Å². The van der Waals surface area contributed by atoms with E-state index in [1.54, 1.807) is 7.05 Å². The molecule has 0 aromatic heterocycles. The van der Waals surface area contributed by atoms with E-state index < -0.39 is 0 Å². The van der Waals surface area contributed by atoms with Crippen molar-refractivity contribution in [2.24, 2.45) is 0 Å². The highest BCUT2D eigenvalue weighted by molar-refractivity contribution is 5.90. The van der Waals surface area contributed by atoms with E-state index in [1.807, 2.05) is 12.1 Å². The third kappa shape index (κ3) is 4.01. The number of urea groups is 1. The Morgan fingerprint density at radius 2 is 2.00 bits per heavy atom. The summed E-state index contributed by atoms with van der Waals surface area (Å²) in [5, 5.41) is 5.61. The van der Waals surface area contributed by atoms with E-state index in [2.05, 4.69) is 35.4 Å². The van der Waals surface area contributed by atoms with Gasteiger partial charge in [0.15, 0.2) is 0 Å². The predicted octanol–water partition coefficient (Wildman–Crippen LogP) is 3.42. The molecule has 22 heavy (non-hydrogen) atoms. The Morgan fingerprint density at radius 1 is 1.27 bits per heavy atom. The lowest BCUT2D eigenvalue weighted by atomic mass is 9.86. The fourth-order valence-corrected chi connectivity index (χ4v) is 3.43. The zero-order chi connectivity index (χ0) is 15.9. The third-order valence-electron chi connectivity index (χ3n) is 4.47. The molecule has 0 radical (unpaired) electrons. The number of nitrogens with zero attached hydrogens (tertiary/aromatic N) is 1. The molecule has 1 unspecified atom stereocenters. The summed E-state index contributed by atoms with van der Waals surface area (Å²) in [7, 11) is 1.65. The van der Waals surface area contributed by atoms with Gasteiger partial charge in [-0.2, -0.15) is 0 Å². The van der Waals surface area contributed by atoms with Crippen LogP contribution in [0.25, 0.3) is 0 Å². The summed E-state index contributed by atoms with van der Waals surface area (Å²) in [6, 6.07) is 6.71. The van der Waals surface area contributed by atoms with E-state index in [4.69, 9.17) is 0 Å². The second-order valence-electron chi connectivity index (χ2n) is 6.08. The number of hydrogen-bond acceptors (Lipinski definition) is 2. The topological polar surface area (TPSA) is 44.4 Å². The molecule has 1 aromatic carbocycles. The van der Waals surface area contributed by atoms with Crippen LogP contribution in [0.2, 0.25) is 0 Å². The van der Waals surface area contributed by atoms with Gasteiger partial charge in [-0.05, 0) is 62.4 Å². The van der Waals surface area contributed by atoms with Crippen LogP contribution in [-0.4, -0.2) is 37.1 Å². The van der Waals surface area contributed by atoms with Crippen LogP contribution < -0.4 is 10.6 Å². The number of hydrogen-bond donors (Lipinski definition) is 2. The minimum absolute atomic E-state index is 0.144. The maximum Gasteiger partial charge on any atom is 0.318 e. The molecule has 4 nitrogen and oxygen atoms in total. The van der Waals surface area contributed by atoms with Gasteiger partial charge in [0.25, 0.3) is 0 Å². The van der Waals surface area contributed by atoms with Crippen molar-refractivity contribution in [1.29, 1.82) is 0 Å². The summed E-state index contributed by atoms with van der Waals surface area (Å²) < 4.78 is 0. The van der Waals surface area contributed by atoms with Crippen molar-refractivity contribution in [3.63, 3.8) is 0 Å². The molecule has 0 saturated heterocycles. The van der Waals surface area contributed by atoms with Gasteiger partial charge >= 0.3 is 6.03 Å². The van der Waals surface area contributed by atoms with Crippen molar-refractivity contribution in [3.8, 4) is 0 Å². The summed E-state index contributed by atoms with van der Waals surface area (Å²) in [6.07, 6.45) is 5.75. The number of fused-ring (bicyclic) bond motifs is 1. The Bertz CT molecular complexity index is 495. The van der Waals surface area contributed by atoms with E-state index in [9.17, 15) is 4.79 Å².